The second kappa shape index (κ2) is 5.53. The standard InChI is InChI=1S/C15H24BrN3O/c1-14(2)8-10(9-15(3,4)19-14)17-12-7-6-11(16)13(18-12)20-5/h6-7,10,19H,8-9H2,1-5H3,(H,17,18). The van der Waals surface area contributed by atoms with Crippen molar-refractivity contribution in [2.24, 2.45) is 0 Å². The van der Waals surface area contributed by atoms with Gasteiger partial charge < -0.3 is 15.4 Å². The van der Waals surface area contributed by atoms with Gasteiger partial charge in [0.2, 0.25) is 5.88 Å². The summed E-state index contributed by atoms with van der Waals surface area (Å²) >= 11 is 3.43. The van der Waals surface area contributed by atoms with Crippen molar-refractivity contribution in [2.75, 3.05) is 12.4 Å². The van der Waals surface area contributed by atoms with Gasteiger partial charge in [0, 0.05) is 17.1 Å². The van der Waals surface area contributed by atoms with Crippen LogP contribution in [0.15, 0.2) is 16.6 Å². The Hall–Kier alpha value is -0.810. The van der Waals surface area contributed by atoms with E-state index in [1.54, 1.807) is 7.11 Å². The summed E-state index contributed by atoms with van der Waals surface area (Å²) in [5.74, 6) is 1.48. The predicted molar refractivity (Wildman–Crippen MR) is 86.4 cm³/mol. The first-order chi connectivity index (χ1) is 9.21. The van der Waals surface area contributed by atoms with Crippen molar-refractivity contribution < 1.29 is 4.74 Å². The molecule has 1 aromatic rings. The third-order valence-electron chi connectivity index (χ3n) is 3.55. The molecule has 20 heavy (non-hydrogen) atoms. The van der Waals surface area contributed by atoms with Crippen molar-refractivity contribution >= 4 is 21.7 Å². The number of pyridine rings is 1. The van der Waals surface area contributed by atoms with Crippen LogP contribution in [0, 0.1) is 0 Å². The van der Waals surface area contributed by atoms with Gasteiger partial charge in [-0.3, -0.25) is 0 Å². The highest BCUT2D eigenvalue weighted by Gasteiger charge is 2.37. The largest absolute Gasteiger partial charge is 0.480 e. The maximum Gasteiger partial charge on any atom is 0.229 e. The van der Waals surface area contributed by atoms with Gasteiger partial charge in [0.25, 0.3) is 0 Å². The molecule has 2 N–H and O–H groups in total. The van der Waals surface area contributed by atoms with E-state index in [9.17, 15) is 0 Å². The van der Waals surface area contributed by atoms with Crippen LogP contribution in [-0.2, 0) is 0 Å². The molecule has 1 aromatic heterocycles. The van der Waals surface area contributed by atoms with Crippen molar-refractivity contribution in [3.05, 3.63) is 16.6 Å². The average molecular weight is 342 g/mol. The van der Waals surface area contributed by atoms with Gasteiger partial charge in [-0.05, 0) is 68.6 Å². The van der Waals surface area contributed by atoms with Crippen molar-refractivity contribution in [1.29, 1.82) is 0 Å². The number of ether oxygens (including phenoxy) is 1. The lowest BCUT2D eigenvalue weighted by atomic mass is 9.79. The molecule has 0 aromatic carbocycles. The number of hydrogen-bond acceptors (Lipinski definition) is 4. The van der Waals surface area contributed by atoms with E-state index < -0.39 is 0 Å². The zero-order chi connectivity index (χ0) is 15.0. The summed E-state index contributed by atoms with van der Waals surface area (Å²) in [6, 6.07) is 4.35. The smallest absolute Gasteiger partial charge is 0.229 e. The summed E-state index contributed by atoms with van der Waals surface area (Å²) in [5, 5.41) is 7.23. The Morgan fingerprint density at radius 3 is 2.40 bits per heavy atom. The summed E-state index contributed by atoms with van der Waals surface area (Å²) in [5.41, 5.74) is 0.248. The lowest BCUT2D eigenvalue weighted by molar-refractivity contribution is 0.170. The number of nitrogens with zero attached hydrogens (tertiary/aromatic N) is 1. The van der Waals surface area contributed by atoms with E-state index in [1.165, 1.54) is 0 Å². The minimum atomic E-state index is 0.124. The molecule has 0 atom stereocenters. The summed E-state index contributed by atoms with van der Waals surface area (Å²) in [4.78, 5) is 4.48. The van der Waals surface area contributed by atoms with Crippen LogP contribution in [0.1, 0.15) is 40.5 Å². The van der Waals surface area contributed by atoms with Gasteiger partial charge in [-0.25, -0.2) is 0 Å². The van der Waals surface area contributed by atoms with Crippen LogP contribution >= 0.6 is 15.9 Å². The molecule has 1 fully saturated rings. The number of anilines is 1. The van der Waals surface area contributed by atoms with E-state index in [1.807, 2.05) is 12.1 Å². The fourth-order valence-electron chi connectivity index (χ4n) is 3.28. The fraction of sp³-hybridized carbons (Fsp3) is 0.667. The Bertz CT molecular complexity index is 472. The highest BCUT2D eigenvalue weighted by atomic mass is 79.9. The molecule has 5 heteroatoms. The first-order valence-corrected chi connectivity index (χ1v) is 7.76. The van der Waals surface area contributed by atoms with Gasteiger partial charge in [-0.2, -0.15) is 4.98 Å². The zero-order valence-electron chi connectivity index (χ0n) is 12.9. The number of rotatable bonds is 3. The molecule has 1 aliphatic heterocycles. The van der Waals surface area contributed by atoms with Crippen LogP contribution in [-0.4, -0.2) is 29.2 Å². The molecule has 0 spiro atoms. The van der Waals surface area contributed by atoms with Gasteiger partial charge >= 0.3 is 0 Å². The van der Waals surface area contributed by atoms with Gasteiger partial charge in [0.1, 0.15) is 5.82 Å². The fourth-order valence-corrected chi connectivity index (χ4v) is 3.66. The molecule has 0 bridgehead atoms. The second-order valence-corrected chi connectivity index (χ2v) is 7.68. The van der Waals surface area contributed by atoms with Crippen LogP contribution in [0.2, 0.25) is 0 Å². The van der Waals surface area contributed by atoms with Gasteiger partial charge in [0.05, 0.1) is 11.6 Å². The van der Waals surface area contributed by atoms with Crippen LogP contribution in [0.4, 0.5) is 5.82 Å². The van der Waals surface area contributed by atoms with Crippen LogP contribution in [0.25, 0.3) is 0 Å². The van der Waals surface area contributed by atoms with Gasteiger partial charge in [0.15, 0.2) is 0 Å². The van der Waals surface area contributed by atoms with Crippen LogP contribution in [0.3, 0.4) is 0 Å². The van der Waals surface area contributed by atoms with E-state index in [0.29, 0.717) is 11.9 Å². The molecular weight excluding hydrogens is 318 g/mol. The first kappa shape index (κ1) is 15.6. The van der Waals surface area contributed by atoms with Gasteiger partial charge in [-0.1, -0.05) is 0 Å². The topological polar surface area (TPSA) is 46.2 Å². The predicted octanol–water partition coefficient (Wildman–Crippen LogP) is 3.57. The van der Waals surface area contributed by atoms with E-state index >= 15 is 0 Å². The Morgan fingerprint density at radius 2 is 1.85 bits per heavy atom. The molecule has 0 unspecified atom stereocenters. The Morgan fingerprint density at radius 1 is 1.25 bits per heavy atom. The monoisotopic (exact) mass is 341 g/mol. The van der Waals surface area contributed by atoms with Gasteiger partial charge in [-0.15, -0.1) is 0 Å². The average Bonchev–Trinajstić information content (AvgIpc) is 2.27. The lowest BCUT2D eigenvalue weighted by Gasteiger charge is -2.46. The molecule has 2 rings (SSSR count). The first-order valence-electron chi connectivity index (χ1n) is 6.97. The van der Waals surface area contributed by atoms with Crippen molar-refractivity contribution in [2.45, 2.75) is 57.7 Å². The zero-order valence-corrected chi connectivity index (χ0v) is 14.5. The third kappa shape index (κ3) is 3.85. The number of nitrogens with one attached hydrogen (secondary N) is 2. The maximum atomic E-state index is 5.25. The summed E-state index contributed by atoms with van der Waals surface area (Å²) in [6.07, 6.45) is 2.13. The molecule has 1 saturated heterocycles. The highest BCUT2D eigenvalue weighted by Crippen LogP contribution is 2.31. The number of aromatic nitrogens is 1. The van der Waals surface area contributed by atoms with Crippen LogP contribution in [0.5, 0.6) is 5.88 Å². The van der Waals surface area contributed by atoms with Crippen LogP contribution < -0.4 is 15.4 Å². The van der Waals surface area contributed by atoms with E-state index in [0.717, 1.165) is 23.1 Å². The normalized spacial score (nSPS) is 21.5. The summed E-state index contributed by atoms with van der Waals surface area (Å²) in [6.45, 7) is 8.99. The van der Waals surface area contributed by atoms with Crippen molar-refractivity contribution in [3.63, 3.8) is 0 Å². The number of halogens is 1. The number of hydrogen-bond donors (Lipinski definition) is 2. The molecule has 0 amide bonds. The molecule has 112 valence electrons. The quantitative estimate of drug-likeness (QED) is 0.882. The molecule has 0 radical (unpaired) electrons. The summed E-state index contributed by atoms with van der Waals surface area (Å²) in [7, 11) is 1.63. The molecule has 1 aliphatic rings. The maximum absolute atomic E-state index is 5.25. The molecule has 2 heterocycles. The molecule has 0 aliphatic carbocycles. The van der Waals surface area contributed by atoms with Crippen molar-refractivity contribution in [3.8, 4) is 5.88 Å². The number of piperidine rings is 1. The van der Waals surface area contributed by atoms with E-state index in [-0.39, 0.29) is 11.1 Å². The molecular formula is C15H24BrN3O. The molecule has 0 saturated carbocycles. The lowest BCUT2D eigenvalue weighted by Crippen LogP contribution is -2.60. The third-order valence-corrected chi connectivity index (χ3v) is 4.15. The molecule has 4 nitrogen and oxygen atoms in total. The van der Waals surface area contributed by atoms with E-state index in [4.69, 9.17) is 4.74 Å². The summed E-state index contributed by atoms with van der Waals surface area (Å²) < 4.78 is 6.12. The second-order valence-electron chi connectivity index (χ2n) is 6.83. The highest BCUT2D eigenvalue weighted by molar-refractivity contribution is 9.10. The van der Waals surface area contributed by atoms with E-state index in [2.05, 4.69) is 59.2 Å². The van der Waals surface area contributed by atoms with Crippen molar-refractivity contribution in [1.82, 2.24) is 10.3 Å². The minimum absolute atomic E-state index is 0.124. The number of methoxy groups -OCH3 is 1. The Balaban J connectivity index is 2.13. The minimum Gasteiger partial charge on any atom is -0.480 e. The Labute approximate surface area is 129 Å². The Kier molecular flexibility index (Phi) is 4.30. The SMILES string of the molecule is COc1nc(NC2CC(C)(C)NC(C)(C)C2)ccc1Br.